The molecule has 0 bridgehead atoms. The van der Waals surface area contributed by atoms with Crippen molar-refractivity contribution < 1.29 is 0 Å². The average molecular weight is 259 g/mol. The van der Waals surface area contributed by atoms with E-state index in [2.05, 4.69) is 29.4 Å². The SMILES string of the molecule is Cc1ccncc1NC1CCc2cc(Cl)ccc21. The lowest BCUT2D eigenvalue weighted by atomic mass is 10.1. The molecule has 0 amide bonds. The van der Waals surface area contributed by atoms with Crippen molar-refractivity contribution in [3.63, 3.8) is 0 Å². The maximum Gasteiger partial charge on any atom is 0.0561 e. The number of fused-ring (bicyclic) bond motifs is 1. The normalized spacial score (nSPS) is 17.6. The van der Waals surface area contributed by atoms with E-state index in [1.165, 1.54) is 16.7 Å². The third kappa shape index (κ3) is 2.08. The smallest absolute Gasteiger partial charge is 0.0561 e. The van der Waals surface area contributed by atoms with E-state index in [1.807, 2.05) is 24.5 Å². The minimum Gasteiger partial charge on any atom is -0.377 e. The predicted molar refractivity (Wildman–Crippen MR) is 75.1 cm³/mol. The number of benzene rings is 1. The zero-order chi connectivity index (χ0) is 12.5. The van der Waals surface area contributed by atoms with Gasteiger partial charge in [0.15, 0.2) is 0 Å². The van der Waals surface area contributed by atoms with Crippen LogP contribution in [0.2, 0.25) is 5.02 Å². The fraction of sp³-hybridized carbons (Fsp3) is 0.267. The van der Waals surface area contributed by atoms with E-state index in [4.69, 9.17) is 11.6 Å². The van der Waals surface area contributed by atoms with Gasteiger partial charge in [0.2, 0.25) is 0 Å². The Morgan fingerprint density at radius 3 is 3.06 bits per heavy atom. The first-order valence-corrected chi connectivity index (χ1v) is 6.57. The van der Waals surface area contributed by atoms with Crippen LogP contribution in [-0.2, 0) is 6.42 Å². The van der Waals surface area contributed by atoms with E-state index < -0.39 is 0 Å². The summed E-state index contributed by atoms with van der Waals surface area (Å²) in [5.41, 5.74) is 5.07. The number of hydrogen-bond donors (Lipinski definition) is 1. The maximum absolute atomic E-state index is 6.03. The minimum absolute atomic E-state index is 0.375. The molecule has 0 aliphatic heterocycles. The lowest BCUT2D eigenvalue weighted by molar-refractivity contribution is 0.760. The first-order chi connectivity index (χ1) is 8.74. The van der Waals surface area contributed by atoms with Crippen molar-refractivity contribution in [2.45, 2.75) is 25.8 Å². The molecule has 1 aromatic carbocycles. The van der Waals surface area contributed by atoms with Crippen LogP contribution in [0, 0.1) is 6.92 Å². The summed E-state index contributed by atoms with van der Waals surface area (Å²) in [5.74, 6) is 0. The molecule has 1 aliphatic rings. The zero-order valence-electron chi connectivity index (χ0n) is 10.3. The van der Waals surface area contributed by atoms with E-state index >= 15 is 0 Å². The quantitative estimate of drug-likeness (QED) is 0.876. The van der Waals surface area contributed by atoms with Crippen molar-refractivity contribution >= 4 is 17.3 Å². The number of anilines is 1. The standard InChI is InChI=1S/C15H15ClN2/c1-10-6-7-17-9-15(10)18-14-5-2-11-8-12(16)3-4-13(11)14/h3-4,6-9,14,18H,2,5H2,1H3. The molecule has 1 aliphatic carbocycles. The molecule has 1 aromatic heterocycles. The number of hydrogen-bond acceptors (Lipinski definition) is 2. The highest BCUT2D eigenvalue weighted by Crippen LogP contribution is 2.35. The monoisotopic (exact) mass is 258 g/mol. The Bertz CT molecular complexity index is 580. The molecule has 18 heavy (non-hydrogen) atoms. The van der Waals surface area contributed by atoms with Crippen LogP contribution in [0.3, 0.4) is 0 Å². The third-order valence-corrected chi connectivity index (χ3v) is 3.79. The number of nitrogens with zero attached hydrogens (tertiary/aromatic N) is 1. The number of pyridine rings is 1. The van der Waals surface area contributed by atoms with E-state index in [0.29, 0.717) is 6.04 Å². The van der Waals surface area contributed by atoms with Gasteiger partial charge in [0.1, 0.15) is 0 Å². The van der Waals surface area contributed by atoms with Crippen LogP contribution < -0.4 is 5.32 Å². The summed E-state index contributed by atoms with van der Waals surface area (Å²) in [6.07, 6.45) is 5.92. The summed E-state index contributed by atoms with van der Waals surface area (Å²) in [5, 5.41) is 4.41. The van der Waals surface area contributed by atoms with Crippen LogP contribution in [0.15, 0.2) is 36.7 Å². The van der Waals surface area contributed by atoms with Gasteiger partial charge in [0.05, 0.1) is 17.9 Å². The number of aromatic nitrogens is 1. The van der Waals surface area contributed by atoms with Gasteiger partial charge in [-0.2, -0.15) is 0 Å². The van der Waals surface area contributed by atoms with Crippen molar-refractivity contribution in [3.8, 4) is 0 Å². The number of rotatable bonds is 2. The van der Waals surface area contributed by atoms with E-state index in [0.717, 1.165) is 23.6 Å². The molecule has 1 atom stereocenters. The van der Waals surface area contributed by atoms with Crippen LogP contribution in [0.25, 0.3) is 0 Å². The van der Waals surface area contributed by atoms with Crippen molar-refractivity contribution in [3.05, 3.63) is 58.4 Å². The fourth-order valence-electron chi connectivity index (χ4n) is 2.54. The highest BCUT2D eigenvalue weighted by molar-refractivity contribution is 6.30. The van der Waals surface area contributed by atoms with Crippen LogP contribution in [0.1, 0.15) is 29.2 Å². The topological polar surface area (TPSA) is 24.9 Å². The molecular formula is C15H15ClN2. The Morgan fingerprint density at radius 2 is 2.22 bits per heavy atom. The second kappa shape index (κ2) is 4.62. The summed E-state index contributed by atoms with van der Waals surface area (Å²) in [6, 6.07) is 8.58. The molecule has 1 heterocycles. The Labute approximate surface area is 112 Å². The Balaban J connectivity index is 1.87. The molecule has 1 N–H and O–H groups in total. The fourth-order valence-corrected chi connectivity index (χ4v) is 2.73. The van der Waals surface area contributed by atoms with Crippen molar-refractivity contribution in [1.29, 1.82) is 0 Å². The zero-order valence-corrected chi connectivity index (χ0v) is 11.0. The molecule has 0 saturated carbocycles. The second-order valence-corrected chi connectivity index (χ2v) is 5.21. The number of halogens is 1. The van der Waals surface area contributed by atoms with E-state index in [9.17, 15) is 0 Å². The summed E-state index contributed by atoms with van der Waals surface area (Å²) < 4.78 is 0. The molecule has 2 aromatic rings. The van der Waals surface area contributed by atoms with Gasteiger partial charge in [-0.1, -0.05) is 17.7 Å². The summed E-state index contributed by atoms with van der Waals surface area (Å²) in [4.78, 5) is 4.17. The van der Waals surface area contributed by atoms with Crippen LogP contribution in [-0.4, -0.2) is 4.98 Å². The predicted octanol–water partition coefficient (Wildman–Crippen LogP) is 4.14. The van der Waals surface area contributed by atoms with Gasteiger partial charge in [-0.3, -0.25) is 4.98 Å². The number of aryl methyl sites for hydroxylation is 2. The third-order valence-electron chi connectivity index (χ3n) is 3.55. The first kappa shape index (κ1) is 11.5. The Morgan fingerprint density at radius 1 is 1.33 bits per heavy atom. The Kier molecular flexibility index (Phi) is 2.96. The van der Waals surface area contributed by atoms with Crippen LogP contribution in [0.4, 0.5) is 5.69 Å². The highest BCUT2D eigenvalue weighted by atomic mass is 35.5. The van der Waals surface area contributed by atoms with Gasteiger partial charge in [0.25, 0.3) is 0 Å². The lowest BCUT2D eigenvalue weighted by Gasteiger charge is -2.16. The van der Waals surface area contributed by atoms with Crippen molar-refractivity contribution in [2.24, 2.45) is 0 Å². The molecule has 0 radical (unpaired) electrons. The van der Waals surface area contributed by atoms with Gasteiger partial charge < -0.3 is 5.32 Å². The lowest BCUT2D eigenvalue weighted by Crippen LogP contribution is -2.08. The minimum atomic E-state index is 0.375. The first-order valence-electron chi connectivity index (χ1n) is 6.19. The molecule has 0 spiro atoms. The number of nitrogens with one attached hydrogen (secondary N) is 1. The van der Waals surface area contributed by atoms with Gasteiger partial charge >= 0.3 is 0 Å². The largest absolute Gasteiger partial charge is 0.377 e. The molecule has 3 heteroatoms. The molecule has 92 valence electrons. The molecule has 1 unspecified atom stereocenters. The van der Waals surface area contributed by atoms with Crippen LogP contribution >= 0.6 is 11.6 Å². The molecule has 0 fully saturated rings. The van der Waals surface area contributed by atoms with E-state index in [1.54, 1.807) is 0 Å². The van der Waals surface area contributed by atoms with E-state index in [-0.39, 0.29) is 0 Å². The molecule has 2 nitrogen and oxygen atoms in total. The average Bonchev–Trinajstić information content (AvgIpc) is 2.74. The molecule has 0 saturated heterocycles. The van der Waals surface area contributed by atoms with Gasteiger partial charge in [-0.05, 0) is 54.7 Å². The summed E-state index contributed by atoms with van der Waals surface area (Å²) in [7, 11) is 0. The Hall–Kier alpha value is -1.54. The summed E-state index contributed by atoms with van der Waals surface area (Å²) in [6.45, 7) is 2.10. The van der Waals surface area contributed by atoms with Crippen molar-refractivity contribution in [2.75, 3.05) is 5.32 Å². The van der Waals surface area contributed by atoms with Crippen LogP contribution in [0.5, 0.6) is 0 Å². The van der Waals surface area contributed by atoms with Gasteiger partial charge in [-0.15, -0.1) is 0 Å². The maximum atomic E-state index is 6.03. The molecule has 3 rings (SSSR count). The summed E-state index contributed by atoms with van der Waals surface area (Å²) >= 11 is 6.03. The highest BCUT2D eigenvalue weighted by Gasteiger charge is 2.22. The van der Waals surface area contributed by atoms with Gasteiger partial charge in [0, 0.05) is 11.2 Å². The second-order valence-electron chi connectivity index (χ2n) is 4.77. The van der Waals surface area contributed by atoms with Crippen molar-refractivity contribution in [1.82, 2.24) is 4.98 Å². The van der Waals surface area contributed by atoms with Gasteiger partial charge in [-0.25, -0.2) is 0 Å². The molecular weight excluding hydrogens is 244 g/mol.